The first-order valence-electron chi connectivity index (χ1n) is 6.81. The number of aryl methyl sites for hydroxylation is 1. The predicted octanol–water partition coefficient (Wildman–Crippen LogP) is 2.98. The van der Waals surface area contributed by atoms with Crippen LogP contribution in [0.3, 0.4) is 0 Å². The first-order chi connectivity index (χ1) is 10.5. The molecule has 1 atom stereocenters. The molecule has 0 saturated carbocycles. The Bertz CT molecular complexity index is 869. The lowest BCUT2D eigenvalue weighted by Gasteiger charge is -2.13. The van der Waals surface area contributed by atoms with Crippen molar-refractivity contribution < 1.29 is 19.8 Å². The summed E-state index contributed by atoms with van der Waals surface area (Å²) in [4.78, 5) is 14.3. The van der Waals surface area contributed by atoms with E-state index in [-0.39, 0.29) is 0 Å². The van der Waals surface area contributed by atoms with Gasteiger partial charge in [0.2, 0.25) is 6.29 Å². The number of anilines is 1. The lowest BCUT2D eigenvalue weighted by molar-refractivity contribution is -0.166. The smallest absolute Gasteiger partial charge is 0.305 e. The average molecular weight is 300 g/mol. The third kappa shape index (κ3) is 2.28. The molecule has 3 rings (SSSR count). The van der Waals surface area contributed by atoms with Crippen LogP contribution in [0.2, 0.25) is 0 Å². The van der Waals surface area contributed by atoms with Gasteiger partial charge in [-0.3, -0.25) is 15.5 Å². The number of esters is 1. The van der Waals surface area contributed by atoms with Gasteiger partial charge in [-0.05, 0) is 30.7 Å². The monoisotopic (exact) mass is 300 g/mol. The van der Waals surface area contributed by atoms with Crippen LogP contribution >= 0.6 is 0 Å². The molecule has 1 heterocycles. The Labute approximate surface area is 126 Å². The number of ether oxygens (including phenoxy) is 1. The van der Waals surface area contributed by atoms with Crippen LogP contribution in [0.25, 0.3) is 21.8 Å². The van der Waals surface area contributed by atoms with E-state index in [4.69, 9.17) is 4.74 Å². The van der Waals surface area contributed by atoms with Gasteiger partial charge in [-0.2, -0.15) is 0 Å². The number of aromatic nitrogens is 1. The van der Waals surface area contributed by atoms with Crippen LogP contribution in [-0.2, 0) is 9.53 Å². The van der Waals surface area contributed by atoms with Crippen LogP contribution in [0, 0.1) is 6.92 Å². The van der Waals surface area contributed by atoms with Crippen molar-refractivity contribution in [3.05, 3.63) is 41.5 Å². The number of hydrogen-bond donors (Lipinski definition) is 4. The molecular weight excluding hydrogens is 284 g/mol. The molecule has 114 valence electrons. The summed E-state index contributed by atoms with van der Waals surface area (Å²) in [5.41, 5.74) is 5.69. The van der Waals surface area contributed by atoms with Crippen molar-refractivity contribution in [1.82, 2.24) is 4.98 Å². The third-order valence-electron chi connectivity index (χ3n) is 3.68. The lowest BCUT2D eigenvalue weighted by atomic mass is 10.0. The molecule has 0 unspecified atom stereocenters. The minimum absolute atomic E-state index is 0.533. The van der Waals surface area contributed by atoms with Gasteiger partial charge in [0, 0.05) is 28.8 Å². The second-order valence-electron chi connectivity index (χ2n) is 5.18. The van der Waals surface area contributed by atoms with Crippen molar-refractivity contribution in [2.24, 2.45) is 0 Å². The maximum absolute atomic E-state index is 11.0. The fourth-order valence-corrected chi connectivity index (χ4v) is 2.68. The van der Waals surface area contributed by atoms with Crippen molar-refractivity contribution in [3.8, 4) is 0 Å². The fraction of sp³-hybridized carbons (Fsp3) is 0.188. The van der Waals surface area contributed by atoms with Gasteiger partial charge in [0.05, 0.1) is 11.2 Å². The van der Waals surface area contributed by atoms with Crippen LogP contribution in [0.15, 0.2) is 30.3 Å². The Morgan fingerprint density at radius 3 is 2.77 bits per heavy atom. The van der Waals surface area contributed by atoms with Gasteiger partial charge >= 0.3 is 5.97 Å². The van der Waals surface area contributed by atoms with Crippen LogP contribution < -0.4 is 5.48 Å². The number of aromatic amines is 1. The molecule has 6 heteroatoms. The molecule has 0 radical (unpaired) electrons. The molecule has 1 aromatic heterocycles. The summed E-state index contributed by atoms with van der Waals surface area (Å²) in [7, 11) is 0. The van der Waals surface area contributed by atoms with Crippen LogP contribution in [0.5, 0.6) is 0 Å². The van der Waals surface area contributed by atoms with E-state index in [0.29, 0.717) is 11.3 Å². The van der Waals surface area contributed by atoms with Gasteiger partial charge in [-0.1, -0.05) is 12.1 Å². The molecular formula is C16H16N2O4. The van der Waals surface area contributed by atoms with E-state index < -0.39 is 12.3 Å². The molecule has 3 aromatic rings. The Kier molecular flexibility index (Phi) is 3.48. The molecule has 22 heavy (non-hydrogen) atoms. The number of nitrogens with one attached hydrogen (secondary N) is 2. The zero-order valence-electron chi connectivity index (χ0n) is 12.2. The van der Waals surface area contributed by atoms with E-state index in [9.17, 15) is 15.1 Å². The zero-order chi connectivity index (χ0) is 15.9. The highest BCUT2D eigenvalue weighted by molar-refractivity contribution is 6.11. The Balaban J connectivity index is 2.23. The number of benzene rings is 2. The van der Waals surface area contributed by atoms with Gasteiger partial charge in [0.15, 0.2) is 0 Å². The molecule has 4 N–H and O–H groups in total. The number of fused-ring (bicyclic) bond motifs is 3. The SMILES string of the molecule is CC(=O)O[C@H](O)c1cc2c(cc1C)[nH]c1c(NO)cccc12. The lowest BCUT2D eigenvalue weighted by Crippen LogP contribution is -2.08. The van der Waals surface area contributed by atoms with Crippen molar-refractivity contribution in [3.63, 3.8) is 0 Å². The quantitative estimate of drug-likeness (QED) is 0.339. The van der Waals surface area contributed by atoms with Gasteiger partial charge in [-0.25, -0.2) is 0 Å². The summed E-state index contributed by atoms with van der Waals surface area (Å²) >= 11 is 0. The van der Waals surface area contributed by atoms with Gasteiger partial charge < -0.3 is 14.8 Å². The molecule has 6 nitrogen and oxygen atoms in total. The van der Waals surface area contributed by atoms with E-state index >= 15 is 0 Å². The highest BCUT2D eigenvalue weighted by Gasteiger charge is 2.16. The van der Waals surface area contributed by atoms with Crippen molar-refractivity contribution in [2.45, 2.75) is 20.1 Å². The van der Waals surface area contributed by atoms with Crippen LogP contribution in [-0.4, -0.2) is 21.3 Å². The first-order valence-corrected chi connectivity index (χ1v) is 6.81. The Morgan fingerprint density at radius 2 is 2.09 bits per heavy atom. The zero-order valence-corrected chi connectivity index (χ0v) is 12.2. The molecule has 0 spiro atoms. The Morgan fingerprint density at radius 1 is 1.32 bits per heavy atom. The number of aliphatic hydroxyl groups excluding tert-OH is 1. The van der Waals surface area contributed by atoms with Crippen LogP contribution in [0.1, 0.15) is 24.3 Å². The van der Waals surface area contributed by atoms with E-state index in [1.165, 1.54) is 6.92 Å². The van der Waals surface area contributed by atoms with Gasteiger partial charge in [-0.15, -0.1) is 0 Å². The van der Waals surface area contributed by atoms with E-state index in [2.05, 4.69) is 10.5 Å². The number of carbonyl (C=O) groups excluding carboxylic acids is 1. The highest BCUT2D eigenvalue weighted by atomic mass is 16.6. The molecule has 0 saturated heterocycles. The number of aliphatic hydroxyl groups is 1. The normalized spacial score (nSPS) is 12.5. The second kappa shape index (κ2) is 5.32. The number of H-pyrrole nitrogens is 1. The first kappa shape index (κ1) is 14.4. The summed E-state index contributed by atoms with van der Waals surface area (Å²) in [5, 5.41) is 21.0. The van der Waals surface area contributed by atoms with Gasteiger partial charge in [0.25, 0.3) is 0 Å². The maximum Gasteiger partial charge on any atom is 0.305 e. The highest BCUT2D eigenvalue weighted by Crippen LogP contribution is 2.33. The van der Waals surface area contributed by atoms with Crippen molar-refractivity contribution in [1.29, 1.82) is 0 Å². The number of hydrogen-bond acceptors (Lipinski definition) is 5. The molecule has 0 aliphatic rings. The van der Waals surface area contributed by atoms with Crippen molar-refractivity contribution in [2.75, 3.05) is 5.48 Å². The number of carbonyl (C=O) groups is 1. The molecule has 0 aliphatic heterocycles. The molecule has 0 amide bonds. The fourth-order valence-electron chi connectivity index (χ4n) is 2.68. The predicted molar refractivity (Wildman–Crippen MR) is 82.7 cm³/mol. The largest absolute Gasteiger partial charge is 0.432 e. The van der Waals surface area contributed by atoms with E-state index in [0.717, 1.165) is 27.4 Å². The maximum atomic E-state index is 11.0. The summed E-state index contributed by atoms with van der Waals surface area (Å²) in [5.74, 6) is -0.544. The van der Waals surface area contributed by atoms with Gasteiger partial charge in [0.1, 0.15) is 0 Å². The minimum Gasteiger partial charge on any atom is -0.432 e. The minimum atomic E-state index is -1.30. The second-order valence-corrected chi connectivity index (χ2v) is 5.18. The number of rotatable bonds is 3. The summed E-state index contributed by atoms with van der Waals surface area (Å²) in [6, 6.07) is 9.14. The third-order valence-corrected chi connectivity index (χ3v) is 3.68. The summed E-state index contributed by atoms with van der Waals surface area (Å²) in [6.45, 7) is 3.08. The standard InChI is InChI=1S/C16H16N2O4/c1-8-6-14-12(7-11(8)16(20)22-9(2)19)10-4-3-5-13(18-21)15(10)17-14/h3-7,16-18,20-21H,1-2H3/t16-/m0/s1. The van der Waals surface area contributed by atoms with Crippen molar-refractivity contribution >= 4 is 33.5 Å². The Hall–Kier alpha value is -2.57. The van der Waals surface area contributed by atoms with E-state index in [1.807, 2.05) is 25.1 Å². The molecule has 0 bridgehead atoms. The van der Waals surface area contributed by atoms with Crippen LogP contribution in [0.4, 0.5) is 5.69 Å². The topological polar surface area (TPSA) is 94.6 Å². The molecule has 0 aliphatic carbocycles. The van der Waals surface area contributed by atoms with E-state index in [1.54, 1.807) is 12.1 Å². The molecule has 2 aromatic carbocycles. The summed E-state index contributed by atoms with van der Waals surface area (Å²) in [6.07, 6.45) is -1.30. The molecule has 0 fully saturated rings. The summed E-state index contributed by atoms with van der Waals surface area (Å²) < 4.78 is 4.85. The number of para-hydroxylation sites is 1. The average Bonchev–Trinajstić information content (AvgIpc) is 2.82.